The van der Waals surface area contributed by atoms with Crippen LogP contribution in [0.25, 0.3) is 11.1 Å². The highest BCUT2D eigenvalue weighted by molar-refractivity contribution is 5.91. The number of benzene rings is 1. The van der Waals surface area contributed by atoms with Crippen molar-refractivity contribution in [3.63, 3.8) is 0 Å². The second-order valence-corrected chi connectivity index (χ2v) is 4.98. The average Bonchev–Trinajstić information content (AvgIpc) is 2.97. The van der Waals surface area contributed by atoms with Gasteiger partial charge in [0.15, 0.2) is 12.0 Å². The molecule has 1 unspecified atom stereocenters. The van der Waals surface area contributed by atoms with Gasteiger partial charge in [-0.25, -0.2) is 9.78 Å². The van der Waals surface area contributed by atoms with E-state index >= 15 is 0 Å². The van der Waals surface area contributed by atoms with Crippen LogP contribution in [0.15, 0.2) is 29.0 Å². The summed E-state index contributed by atoms with van der Waals surface area (Å²) in [6.45, 7) is 3.20. The van der Waals surface area contributed by atoms with Gasteiger partial charge in [0, 0.05) is 18.4 Å². The summed E-state index contributed by atoms with van der Waals surface area (Å²) >= 11 is 0. The van der Waals surface area contributed by atoms with Gasteiger partial charge in [-0.15, -0.1) is 0 Å². The molecule has 0 bridgehead atoms. The van der Waals surface area contributed by atoms with E-state index < -0.39 is 0 Å². The van der Waals surface area contributed by atoms with E-state index in [0.717, 1.165) is 11.9 Å². The molecule has 1 saturated heterocycles. The van der Waals surface area contributed by atoms with Crippen molar-refractivity contribution in [2.75, 3.05) is 18.5 Å². The van der Waals surface area contributed by atoms with Crippen LogP contribution in [0.4, 0.5) is 10.5 Å². The topological polar surface area (TPSA) is 76.4 Å². The molecule has 6 nitrogen and oxygen atoms in total. The summed E-state index contributed by atoms with van der Waals surface area (Å²) in [5.41, 5.74) is 1.79. The van der Waals surface area contributed by atoms with E-state index in [1.807, 2.05) is 6.92 Å². The second-order valence-electron chi connectivity index (χ2n) is 4.98. The number of aromatic nitrogens is 1. The molecule has 0 spiro atoms. The minimum Gasteiger partial charge on any atom is -0.443 e. The Hall–Kier alpha value is -2.08. The number of fused-ring (bicyclic) bond motifs is 1. The molecule has 2 heterocycles. The molecule has 1 aromatic heterocycles. The van der Waals surface area contributed by atoms with Gasteiger partial charge in [-0.1, -0.05) is 0 Å². The maximum atomic E-state index is 11.9. The minimum absolute atomic E-state index is 0.244. The maximum Gasteiger partial charge on any atom is 0.319 e. The van der Waals surface area contributed by atoms with Crippen molar-refractivity contribution in [1.29, 1.82) is 0 Å². The fraction of sp³-hybridized carbons (Fsp3) is 0.385. The SMILES string of the molecule is CC1(NC(=O)Nc2ccc3ncoc3c2)CCOC1. The Morgan fingerprint density at radius 3 is 3.16 bits per heavy atom. The molecule has 0 radical (unpaired) electrons. The zero-order valence-corrected chi connectivity index (χ0v) is 10.6. The highest BCUT2D eigenvalue weighted by Gasteiger charge is 2.31. The van der Waals surface area contributed by atoms with Crippen molar-refractivity contribution < 1.29 is 13.9 Å². The Morgan fingerprint density at radius 1 is 1.47 bits per heavy atom. The number of carbonyl (C=O) groups excluding carboxylic acids is 1. The summed E-state index contributed by atoms with van der Waals surface area (Å²) in [5.74, 6) is 0. The number of hydrogen-bond acceptors (Lipinski definition) is 4. The molecule has 1 atom stereocenters. The number of urea groups is 1. The number of amides is 2. The second kappa shape index (κ2) is 4.55. The van der Waals surface area contributed by atoms with Gasteiger partial charge < -0.3 is 19.8 Å². The molecular formula is C13H15N3O3. The first kappa shape index (κ1) is 12.0. The number of nitrogens with zero attached hydrogens (tertiary/aromatic N) is 1. The molecule has 3 rings (SSSR count). The van der Waals surface area contributed by atoms with Crippen LogP contribution in [0.2, 0.25) is 0 Å². The van der Waals surface area contributed by atoms with Crippen molar-refractivity contribution in [1.82, 2.24) is 10.3 Å². The first-order valence-electron chi connectivity index (χ1n) is 6.15. The molecular weight excluding hydrogens is 246 g/mol. The molecule has 2 aromatic rings. The molecule has 100 valence electrons. The van der Waals surface area contributed by atoms with E-state index in [4.69, 9.17) is 9.15 Å². The quantitative estimate of drug-likeness (QED) is 0.868. The normalized spacial score (nSPS) is 22.6. The number of carbonyl (C=O) groups is 1. The van der Waals surface area contributed by atoms with Crippen molar-refractivity contribution in [2.45, 2.75) is 18.9 Å². The summed E-state index contributed by atoms with van der Waals surface area (Å²) < 4.78 is 10.5. The average molecular weight is 261 g/mol. The summed E-state index contributed by atoms with van der Waals surface area (Å²) in [4.78, 5) is 15.9. The molecule has 0 saturated carbocycles. The van der Waals surface area contributed by atoms with Crippen LogP contribution in [0.1, 0.15) is 13.3 Å². The fourth-order valence-electron chi connectivity index (χ4n) is 2.13. The van der Waals surface area contributed by atoms with Crippen molar-refractivity contribution in [3.8, 4) is 0 Å². The molecule has 1 fully saturated rings. The summed E-state index contributed by atoms with van der Waals surface area (Å²) in [6, 6.07) is 5.09. The standard InChI is InChI=1S/C13H15N3O3/c1-13(4-5-18-7-13)16-12(17)15-9-2-3-10-11(6-9)19-8-14-10/h2-3,6,8H,4-5,7H2,1H3,(H2,15,16,17). The molecule has 19 heavy (non-hydrogen) atoms. The van der Waals surface area contributed by atoms with Gasteiger partial charge in [-0.3, -0.25) is 0 Å². The lowest BCUT2D eigenvalue weighted by atomic mass is 10.0. The minimum atomic E-state index is -0.291. The maximum absolute atomic E-state index is 11.9. The number of oxazole rings is 1. The Balaban J connectivity index is 1.68. The van der Waals surface area contributed by atoms with Gasteiger partial charge in [-0.2, -0.15) is 0 Å². The van der Waals surface area contributed by atoms with Crippen LogP contribution in [-0.2, 0) is 4.74 Å². The summed E-state index contributed by atoms with van der Waals surface area (Å²) in [7, 11) is 0. The Kier molecular flexibility index (Phi) is 2.87. The molecule has 1 aliphatic heterocycles. The highest BCUT2D eigenvalue weighted by atomic mass is 16.5. The number of anilines is 1. The first-order valence-corrected chi connectivity index (χ1v) is 6.15. The van der Waals surface area contributed by atoms with Crippen LogP contribution >= 0.6 is 0 Å². The van der Waals surface area contributed by atoms with E-state index in [2.05, 4.69) is 15.6 Å². The van der Waals surface area contributed by atoms with Crippen molar-refractivity contribution in [2.24, 2.45) is 0 Å². The predicted molar refractivity (Wildman–Crippen MR) is 70.0 cm³/mol. The molecule has 1 aromatic carbocycles. The van der Waals surface area contributed by atoms with Crippen molar-refractivity contribution >= 4 is 22.8 Å². The van der Waals surface area contributed by atoms with Crippen LogP contribution < -0.4 is 10.6 Å². The third-order valence-electron chi connectivity index (χ3n) is 3.22. The highest BCUT2D eigenvalue weighted by Crippen LogP contribution is 2.19. The number of ether oxygens (including phenoxy) is 1. The third-order valence-corrected chi connectivity index (χ3v) is 3.22. The van der Waals surface area contributed by atoms with Gasteiger partial charge in [0.1, 0.15) is 5.52 Å². The van der Waals surface area contributed by atoms with Gasteiger partial charge in [0.05, 0.1) is 12.1 Å². The van der Waals surface area contributed by atoms with E-state index in [9.17, 15) is 4.79 Å². The third kappa shape index (κ3) is 2.53. The zero-order valence-electron chi connectivity index (χ0n) is 10.6. The van der Waals surface area contributed by atoms with Gasteiger partial charge in [0.25, 0.3) is 0 Å². The molecule has 2 N–H and O–H groups in total. The van der Waals surface area contributed by atoms with E-state index in [1.54, 1.807) is 18.2 Å². The molecule has 1 aliphatic rings. The Morgan fingerprint density at radius 2 is 2.37 bits per heavy atom. The van der Waals surface area contributed by atoms with Gasteiger partial charge >= 0.3 is 6.03 Å². The lowest BCUT2D eigenvalue weighted by molar-refractivity contribution is 0.172. The lowest BCUT2D eigenvalue weighted by Gasteiger charge is -2.23. The largest absolute Gasteiger partial charge is 0.443 e. The molecule has 0 aliphatic carbocycles. The summed E-state index contributed by atoms with van der Waals surface area (Å²) in [6.07, 6.45) is 2.20. The van der Waals surface area contributed by atoms with Crippen LogP contribution in [-0.4, -0.2) is 29.8 Å². The fourth-order valence-corrected chi connectivity index (χ4v) is 2.13. The zero-order chi connectivity index (χ0) is 13.3. The predicted octanol–water partition coefficient (Wildman–Crippen LogP) is 2.13. The van der Waals surface area contributed by atoms with Crippen LogP contribution in [0.5, 0.6) is 0 Å². The molecule has 2 amide bonds. The number of rotatable bonds is 2. The van der Waals surface area contributed by atoms with E-state index in [-0.39, 0.29) is 11.6 Å². The summed E-state index contributed by atoms with van der Waals surface area (Å²) in [5, 5.41) is 5.71. The lowest BCUT2D eigenvalue weighted by Crippen LogP contribution is -2.48. The Bertz CT molecular complexity index is 602. The number of hydrogen-bond donors (Lipinski definition) is 2. The first-order chi connectivity index (χ1) is 9.15. The van der Waals surface area contributed by atoms with Crippen molar-refractivity contribution in [3.05, 3.63) is 24.6 Å². The Labute approximate surface area is 110 Å². The van der Waals surface area contributed by atoms with Crippen LogP contribution in [0, 0.1) is 0 Å². The smallest absolute Gasteiger partial charge is 0.319 e. The molecule has 6 heteroatoms. The monoisotopic (exact) mass is 261 g/mol. The van der Waals surface area contributed by atoms with E-state index in [0.29, 0.717) is 24.5 Å². The van der Waals surface area contributed by atoms with Gasteiger partial charge in [-0.05, 0) is 25.5 Å². The van der Waals surface area contributed by atoms with E-state index in [1.165, 1.54) is 6.39 Å². The van der Waals surface area contributed by atoms with Gasteiger partial charge in [0.2, 0.25) is 0 Å². The van der Waals surface area contributed by atoms with Crippen LogP contribution in [0.3, 0.4) is 0 Å². The number of nitrogens with one attached hydrogen (secondary N) is 2.